The lowest BCUT2D eigenvalue weighted by Crippen LogP contribution is -2.42. The Bertz CT molecular complexity index is 1110. The molecule has 0 radical (unpaired) electrons. The summed E-state index contributed by atoms with van der Waals surface area (Å²) in [7, 11) is 0. The van der Waals surface area contributed by atoms with Crippen LogP contribution in [0.3, 0.4) is 0 Å². The van der Waals surface area contributed by atoms with Crippen LogP contribution < -0.4 is 16.0 Å². The SMILES string of the molecule is O=C1CN2CCC(CC2)Cc2cccc(c2)Nc2nccc(n2)-c2ccc(nc2)NCCCN1. The highest BCUT2D eigenvalue weighted by Gasteiger charge is 2.21. The van der Waals surface area contributed by atoms with E-state index in [2.05, 4.69) is 49.0 Å². The number of carbonyl (C=O) groups excluding carboxylic acids is 1. The fourth-order valence-corrected chi connectivity index (χ4v) is 4.61. The van der Waals surface area contributed by atoms with Gasteiger partial charge < -0.3 is 16.0 Å². The number of nitrogens with zero attached hydrogens (tertiary/aromatic N) is 4. The molecule has 176 valence electrons. The van der Waals surface area contributed by atoms with E-state index in [0.717, 1.165) is 68.1 Å². The van der Waals surface area contributed by atoms with Crippen LogP contribution in [-0.4, -0.2) is 58.5 Å². The summed E-state index contributed by atoms with van der Waals surface area (Å²) < 4.78 is 0. The van der Waals surface area contributed by atoms with E-state index in [1.54, 1.807) is 6.20 Å². The standard InChI is InChI=1S/C26H31N7O/c34-25-18-33-13-8-19(9-14-33)15-20-3-1-4-22(16-20)31-26-29-12-7-23(32-26)21-5-6-24(30-17-21)27-10-2-11-28-25/h1,3-7,12,16-17,19H,2,8-11,13-15,18H2,(H,27,30)(H,28,34)(H,29,31,32). The Morgan fingerprint density at radius 2 is 1.85 bits per heavy atom. The van der Waals surface area contributed by atoms with Gasteiger partial charge in [-0.25, -0.2) is 15.0 Å². The number of rotatable bonds is 0. The zero-order valence-electron chi connectivity index (χ0n) is 19.3. The zero-order valence-corrected chi connectivity index (χ0v) is 19.3. The molecule has 1 amide bonds. The van der Waals surface area contributed by atoms with E-state index < -0.39 is 0 Å². The number of piperidine rings is 1. The van der Waals surface area contributed by atoms with E-state index in [9.17, 15) is 4.79 Å². The van der Waals surface area contributed by atoms with E-state index in [1.165, 1.54) is 5.56 Å². The molecule has 0 aliphatic carbocycles. The van der Waals surface area contributed by atoms with Gasteiger partial charge in [-0.15, -0.1) is 0 Å². The van der Waals surface area contributed by atoms with Crippen LogP contribution in [0.2, 0.25) is 0 Å². The average Bonchev–Trinajstić information content (AvgIpc) is 2.85. The molecule has 1 saturated heterocycles. The highest BCUT2D eigenvalue weighted by molar-refractivity contribution is 5.78. The summed E-state index contributed by atoms with van der Waals surface area (Å²) >= 11 is 0. The van der Waals surface area contributed by atoms with Crippen molar-refractivity contribution in [1.82, 2.24) is 25.2 Å². The molecule has 1 aromatic carbocycles. The van der Waals surface area contributed by atoms with Gasteiger partial charge in [0.1, 0.15) is 5.82 Å². The molecule has 3 aromatic rings. The van der Waals surface area contributed by atoms with Crippen LogP contribution in [0.4, 0.5) is 17.5 Å². The number of hydrogen-bond acceptors (Lipinski definition) is 7. The van der Waals surface area contributed by atoms with Gasteiger partial charge in [-0.3, -0.25) is 9.69 Å². The molecule has 8 heteroatoms. The number of pyridine rings is 1. The monoisotopic (exact) mass is 457 g/mol. The lowest BCUT2D eigenvalue weighted by Gasteiger charge is -2.31. The molecule has 1 fully saturated rings. The number of carbonyl (C=O) groups is 1. The number of benzene rings is 1. The van der Waals surface area contributed by atoms with Gasteiger partial charge >= 0.3 is 0 Å². The van der Waals surface area contributed by atoms with E-state index in [4.69, 9.17) is 4.98 Å². The average molecular weight is 458 g/mol. The molecule has 34 heavy (non-hydrogen) atoms. The summed E-state index contributed by atoms with van der Waals surface area (Å²) in [6.07, 6.45) is 7.70. The van der Waals surface area contributed by atoms with Gasteiger partial charge in [-0.2, -0.15) is 0 Å². The molecule has 8 nitrogen and oxygen atoms in total. The van der Waals surface area contributed by atoms with Gasteiger partial charge in [0.2, 0.25) is 11.9 Å². The van der Waals surface area contributed by atoms with Gasteiger partial charge in [-0.1, -0.05) is 12.1 Å². The normalized spacial score (nSPS) is 21.2. The Kier molecular flexibility index (Phi) is 6.95. The highest BCUT2D eigenvalue weighted by atomic mass is 16.2. The van der Waals surface area contributed by atoms with Crippen molar-refractivity contribution in [3.8, 4) is 11.3 Å². The fraction of sp³-hybridized carbons (Fsp3) is 0.385. The molecule has 0 saturated carbocycles. The number of anilines is 3. The molecule has 8 bridgehead atoms. The van der Waals surface area contributed by atoms with Crippen molar-refractivity contribution in [1.29, 1.82) is 0 Å². The van der Waals surface area contributed by atoms with Gasteiger partial charge in [0.15, 0.2) is 0 Å². The Balaban J connectivity index is 1.35. The Hall–Kier alpha value is -3.52. The van der Waals surface area contributed by atoms with E-state index in [1.807, 2.05) is 30.5 Å². The Morgan fingerprint density at radius 1 is 0.971 bits per heavy atom. The zero-order chi connectivity index (χ0) is 23.2. The molecule has 0 atom stereocenters. The first-order chi connectivity index (χ1) is 16.7. The van der Waals surface area contributed by atoms with Crippen LogP contribution in [0.15, 0.2) is 54.9 Å². The maximum atomic E-state index is 12.3. The molecule has 8 rings (SSSR count). The first-order valence-corrected chi connectivity index (χ1v) is 12.1. The fourth-order valence-electron chi connectivity index (χ4n) is 4.61. The largest absolute Gasteiger partial charge is 0.370 e. The second-order valence-electron chi connectivity index (χ2n) is 9.08. The number of amides is 1. The second-order valence-corrected chi connectivity index (χ2v) is 9.08. The van der Waals surface area contributed by atoms with Crippen molar-refractivity contribution >= 4 is 23.4 Å². The van der Waals surface area contributed by atoms with Crippen LogP contribution in [0, 0.1) is 5.92 Å². The maximum absolute atomic E-state index is 12.3. The summed E-state index contributed by atoms with van der Waals surface area (Å²) in [6.45, 7) is 3.84. The summed E-state index contributed by atoms with van der Waals surface area (Å²) in [5, 5.41) is 9.72. The molecular weight excluding hydrogens is 426 g/mol. The summed E-state index contributed by atoms with van der Waals surface area (Å²) in [5.41, 5.74) is 4.05. The lowest BCUT2D eigenvalue weighted by atomic mass is 9.90. The van der Waals surface area contributed by atoms with Crippen LogP contribution in [0.1, 0.15) is 24.8 Å². The van der Waals surface area contributed by atoms with Crippen molar-refractivity contribution in [3.05, 3.63) is 60.4 Å². The highest BCUT2D eigenvalue weighted by Crippen LogP contribution is 2.24. The number of nitrogens with one attached hydrogen (secondary N) is 3. The van der Waals surface area contributed by atoms with Gasteiger partial charge in [0.05, 0.1) is 12.2 Å². The van der Waals surface area contributed by atoms with Crippen molar-refractivity contribution in [3.63, 3.8) is 0 Å². The molecule has 5 aliphatic heterocycles. The minimum absolute atomic E-state index is 0.112. The predicted molar refractivity (Wildman–Crippen MR) is 134 cm³/mol. The molecule has 3 N–H and O–H groups in total. The van der Waals surface area contributed by atoms with Crippen molar-refractivity contribution in [2.75, 3.05) is 43.4 Å². The van der Waals surface area contributed by atoms with Gasteiger partial charge in [-0.05, 0) is 80.6 Å². The summed E-state index contributed by atoms with van der Waals surface area (Å²) in [5.74, 6) is 2.12. The Labute approximate surface area is 200 Å². The first kappa shape index (κ1) is 22.3. The first-order valence-electron chi connectivity index (χ1n) is 12.1. The third kappa shape index (κ3) is 5.88. The molecule has 7 heterocycles. The quantitative estimate of drug-likeness (QED) is 0.476. The van der Waals surface area contributed by atoms with Crippen LogP contribution in [0.25, 0.3) is 11.3 Å². The molecular formula is C26H31N7O. The maximum Gasteiger partial charge on any atom is 0.234 e. The van der Waals surface area contributed by atoms with Crippen LogP contribution in [0.5, 0.6) is 0 Å². The van der Waals surface area contributed by atoms with E-state index >= 15 is 0 Å². The lowest BCUT2D eigenvalue weighted by molar-refractivity contribution is -0.122. The van der Waals surface area contributed by atoms with Crippen LogP contribution in [-0.2, 0) is 11.2 Å². The minimum atomic E-state index is 0.112. The predicted octanol–water partition coefficient (Wildman–Crippen LogP) is 3.47. The van der Waals surface area contributed by atoms with Crippen molar-refractivity contribution in [2.45, 2.75) is 25.7 Å². The Morgan fingerprint density at radius 3 is 2.71 bits per heavy atom. The third-order valence-electron chi connectivity index (χ3n) is 6.48. The second kappa shape index (κ2) is 10.6. The number of hydrogen-bond donors (Lipinski definition) is 3. The molecule has 2 aromatic heterocycles. The number of aromatic nitrogens is 3. The summed E-state index contributed by atoms with van der Waals surface area (Å²) in [6, 6.07) is 14.3. The topological polar surface area (TPSA) is 95.1 Å². The molecule has 0 spiro atoms. The third-order valence-corrected chi connectivity index (χ3v) is 6.48. The van der Waals surface area contributed by atoms with Crippen LogP contribution >= 0.6 is 0 Å². The molecule has 0 unspecified atom stereocenters. The van der Waals surface area contributed by atoms with E-state index in [-0.39, 0.29) is 5.91 Å². The molecule has 5 aliphatic rings. The van der Waals surface area contributed by atoms with Gasteiger partial charge in [0, 0.05) is 36.7 Å². The smallest absolute Gasteiger partial charge is 0.234 e. The van der Waals surface area contributed by atoms with E-state index in [0.29, 0.717) is 25.0 Å². The summed E-state index contributed by atoms with van der Waals surface area (Å²) in [4.78, 5) is 28.2. The van der Waals surface area contributed by atoms with Crippen molar-refractivity contribution < 1.29 is 4.79 Å². The minimum Gasteiger partial charge on any atom is -0.370 e. The van der Waals surface area contributed by atoms with Crippen molar-refractivity contribution in [2.24, 2.45) is 5.92 Å². The van der Waals surface area contributed by atoms with Gasteiger partial charge in [0.25, 0.3) is 0 Å².